The molecular formula is C20H24N4OS. The van der Waals surface area contributed by atoms with Crippen LogP contribution in [0.3, 0.4) is 0 Å². The van der Waals surface area contributed by atoms with Gasteiger partial charge in [0.05, 0.1) is 16.0 Å². The molecule has 1 aromatic carbocycles. The van der Waals surface area contributed by atoms with Crippen LogP contribution in [0, 0.1) is 5.92 Å². The van der Waals surface area contributed by atoms with Crippen LogP contribution in [0.5, 0.6) is 0 Å². The number of amides is 1. The highest BCUT2D eigenvalue weighted by molar-refractivity contribution is 7.09. The van der Waals surface area contributed by atoms with Crippen LogP contribution in [0.4, 0.5) is 0 Å². The standard InChI is InChI=1S/C20H24N4OS/c1-2-6-19-23-17(13-26-19)20(25)24-10-5-7-14(12-24)11-18-21-15-8-3-4-9-16(15)22-18/h3-4,8-9,13-14H,2,5-7,10-12H2,1H3,(H,21,22)/t14-/m0/s1. The molecule has 1 fully saturated rings. The van der Waals surface area contributed by atoms with Crippen LogP contribution < -0.4 is 0 Å². The fourth-order valence-corrected chi connectivity index (χ4v) is 4.57. The van der Waals surface area contributed by atoms with Crippen LogP contribution in [0.1, 0.15) is 47.5 Å². The Morgan fingerprint density at radius 1 is 1.35 bits per heavy atom. The third kappa shape index (κ3) is 3.65. The van der Waals surface area contributed by atoms with Crippen molar-refractivity contribution in [2.75, 3.05) is 13.1 Å². The summed E-state index contributed by atoms with van der Waals surface area (Å²) in [7, 11) is 0. The molecule has 4 rings (SSSR count). The second kappa shape index (κ2) is 7.58. The van der Waals surface area contributed by atoms with E-state index in [1.807, 2.05) is 28.5 Å². The molecule has 0 spiro atoms. The molecule has 1 N–H and O–H groups in total. The van der Waals surface area contributed by atoms with Crippen molar-refractivity contribution in [3.8, 4) is 0 Å². The molecule has 0 bridgehead atoms. The van der Waals surface area contributed by atoms with Gasteiger partial charge in [0.25, 0.3) is 5.91 Å². The van der Waals surface area contributed by atoms with Crippen LogP contribution in [0.25, 0.3) is 11.0 Å². The maximum Gasteiger partial charge on any atom is 0.273 e. The number of nitrogens with one attached hydrogen (secondary N) is 1. The number of hydrogen-bond donors (Lipinski definition) is 1. The number of carbonyl (C=O) groups is 1. The summed E-state index contributed by atoms with van der Waals surface area (Å²) in [4.78, 5) is 27.4. The number of likely N-dealkylation sites (tertiary alicyclic amines) is 1. The van der Waals surface area contributed by atoms with Gasteiger partial charge in [0.1, 0.15) is 11.5 Å². The zero-order valence-corrected chi connectivity index (χ0v) is 15.9. The van der Waals surface area contributed by atoms with E-state index >= 15 is 0 Å². The molecule has 1 aliphatic rings. The first-order valence-corrected chi connectivity index (χ1v) is 10.3. The second-order valence-corrected chi connectivity index (χ2v) is 7.98. The van der Waals surface area contributed by atoms with Crippen molar-refractivity contribution in [1.82, 2.24) is 19.9 Å². The Labute approximate surface area is 157 Å². The number of fused-ring (bicyclic) bond motifs is 1. The van der Waals surface area contributed by atoms with Gasteiger partial charge in [-0.3, -0.25) is 4.79 Å². The summed E-state index contributed by atoms with van der Waals surface area (Å²) in [5.74, 6) is 1.55. The van der Waals surface area contributed by atoms with Gasteiger partial charge in [0.15, 0.2) is 0 Å². The summed E-state index contributed by atoms with van der Waals surface area (Å²) in [6.07, 6.45) is 5.08. The minimum absolute atomic E-state index is 0.0814. The summed E-state index contributed by atoms with van der Waals surface area (Å²) in [6, 6.07) is 8.11. The van der Waals surface area contributed by atoms with Crippen LogP contribution in [0.15, 0.2) is 29.6 Å². The van der Waals surface area contributed by atoms with Gasteiger partial charge in [-0.05, 0) is 43.7 Å². The number of nitrogens with zero attached hydrogens (tertiary/aromatic N) is 3. The molecule has 3 heterocycles. The minimum Gasteiger partial charge on any atom is -0.342 e. The predicted molar refractivity (Wildman–Crippen MR) is 105 cm³/mol. The summed E-state index contributed by atoms with van der Waals surface area (Å²) in [5.41, 5.74) is 2.71. The Kier molecular flexibility index (Phi) is 5.02. The van der Waals surface area contributed by atoms with Crippen LogP contribution in [-0.4, -0.2) is 38.8 Å². The number of rotatable bonds is 5. The first-order valence-electron chi connectivity index (χ1n) is 9.40. The van der Waals surface area contributed by atoms with E-state index in [2.05, 4.69) is 27.9 Å². The first-order chi connectivity index (χ1) is 12.7. The third-order valence-electron chi connectivity index (χ3n) is 4.96. The number of hydrogen-bond acceptors (Lipinski definition) is 4. The summed E-state index contributed by atoms with van der Waals surface area (Å²) < 4.78 is 0. The monoisotopic (exact) mass is 368 g/mol. The van der Waals surface area contributed by atoms with Crippen molar-refractivity contribution in [3.05, 3.63) is 46.2 Å². The maximum atomic E-state index is 12.8. The molecule has 0 unspecified atom stereocenters. The van der Waals surface area contributed by atoms with Gasteiger partial charge in [-0.2, -0.15) is 0 Å². The van der Waals surface area contributed by atoms with Crippen molar-refractivity contribution < 1.29 is 4.79 Å². The quantitative estimate of drug-likeness (QED) is 0.738. The molecule has 6 heteroatoms. The van der Waals surface area contributed by atoms with Gasteiger partial charge in [-0.25, -0.2) is 9.97 Å². The lowest BCUT2D eigenvalue weighted by atomic mass is 9.94. The van der Waals surface area contributed by atoms with Crippen molar-refractivity contribution in [2.24, 2.45) is 5.92 Å². The number of benzene rings is 1. The summed E-state index contributed by atoms with van der Waals surface area (Å²) in [6.45, 7) is 3.75. The molecule has 0 saturated carbocycles. The van der Waals surface area contributed by atoms with Gasteiger partial charge in [-0.1, -0.05) is 19.1 Å². The van der Waals surface area contributed by atoms with Gasteiger partial charge >= 0.3 is 0 Å². The molecule has 1 atom stereocenters. The zero-order chi connectivity index (χ0) is 17.9. The van der Waals surface area contributed by atoms with Gasteiger partial charge in [-0.15, -0.1) is 11.3 Å². The van der Waals surface area contributed by atoms with E-state index in [0.29, 0.717) is 11.6 Å². The Morgan fingerprint density at radius 3 is 3.08 bits per heavy atom. The van der Waals surface area contributed by atoms with Crippen molar-refractivity contribution in [2.45, 2.75) is 39.0 Å². The molecule has 0 radical (unpaired) electrons. The van der Waals surface area contributed by atoms with E-state index in [1.165, 1.54) is 0 Å². The van der Waals surface area contributed by atoms with E-state index in [0.717, 1.165) is 67.1 Å². The number of aromatic nitrogens is 3. The normalized spacial score (nSPS) is 17.7. The Morgan fingerprint density at radius 2 is 2.23 bits per heavy atom. The Bertz CT molecular complexity index is 867. The van der Waals surface area contributed by atoms with E-state index in [4.69, 9.17) is 0 Å². The molecule has 26 heavy (non-hydrogen) atoms. The summed E-state index contributed by atoms with van der Waals surface area (Å²) in [5, 5.41) is 2.97. The van der Waals surface area contributed by atoms with Crippen molar-refractivity contribution in [1.29, 1.82) is 0 Å². The number of aromatic amines is 1. The summed E-state index contributed by atoms with van der Waals surface area (Å²) >= 11 is 1.60. The number of imidazole rings is 1. The van der Waals surface area contributed by atoms with E-state index in [-0.39, 0.29) is 5.91 Å². The largest absolute Gasteiger partial charge is 0.342 e. The molecule has 1 saturated heterocycles. The van der Waals surface area contributed by atoms with Gasteiger partial charge in [0.2, 0.25) is 0 Å². The maximum absolute atomic E-state index is 12.8. The highest BCUT2D eigenvalue weighted by atomic mass is 32.1. The topological polar surface area (TPSA) is 61.9 Å². The Hall–Kier alpha value is -2.21. The van der Waals surface area contributed by atoms with Gasteiger partial charge < -0.3 is 9.88 Å². The lowest BCUT2D eigenvalue weighted by Crippen LogP contribution is -2.40. The number of thiazole rings is 1. The van der Waals surface area contributed by atoms with E-state index in [9.17, 15) is 4.79 Å². The molecule has 2 aromatic heterocycles. The predicted octanol–water partition coefficient (Wildman–Crippen LogP) is 4.07. The SMILES string of the molecule is CCCc1nc(C(=O)N2CCC[C@@H](Cc3nc4ccccc4[nH]3)C2)cs1. The van der Waals surface area contributed by atoms with Gasteiger partial charge in [0, 0.05) is 24.9 Å². The molecule has 136 valence electrons. The smallest absolute Gasteiger partial charge is 0.273 e. The molecule has 5 nitrogen and oxygen atoms in total. The lowest BCUT2D eigenvalue weighted by molar-refractivity contribution is 0.0667. The highest BCUT2D eigenvalue weighted by Gasteiger charge is 2.26. The van der Waals surface area contributed by atoms with Crippen LogP contribution in [0.2, 0.25) is 0 Å². The average Bonchev–Trinajstić information content (AvgIpc) is 3.28. The zero-order valence-electron chi connectivity index (χ0n) is 15.1. The number of piperidine rings is 1. The number of aryl methyl sites for hydroxylation is 1. The molecule has 3 aromatic rings. The second-order valence-electron chi connectivity index (χ2n) is 7.04. The van der Waals surface area contributed by atoms with Crippen molar-refractivity contribution in [3.63, 3.8) is 0 Å². The highest BCUT2D eigenvalue weighted by Crippen LogP contribution is 2.23. The average molecular weight is 369 g/mol. The fourth-order valence-electron chi connectivity index (χ4n) is 3.69. The molecular weight excluding hydrogens is 344 g/mol. The van der Waals surface area contributed by atoms with Crippen LogP contribution >= 0.6 is 11.3 Å². The van der Waals surface area contributed by atoms with Crippen LogP contribution in [-0.2, 0) is 12.8 Å². The Balaban J connectivity index is 1.42. The molecule has 0 aliphatic carbocycles. The van der Waals surface area contributed by atoms with E-state index < -0.39 is 0 Å². The minimum atomic E-state index is 0.0814. The fraction of sp³-hybridized carbons (Fsp3) is 0.450. The van der Waals surface area contributed by atoms with Crippen molar-refractivity contribution >= 4 is 28.3 Å². The first kappa shape index (κ1) is 17.2. The third-order valence-corrected chi connectivity index (χ3v) is 5.87. The van der Waals surface area contributed by atoms with E-state index in [1.54, 1.807) is 11.3 Å². The number of para-hydroxylation sites is 2. The number of carbonyl (C=O) groups excluding carboxylic acids is 1. The number of H-pyrrole nitrogens is 1. The lowest BCUT2D eigenvalue weighted by Gasteiger charge is -2.32. The molecule has 1 aliphatic heterocycles. The molecule has 1 amide bonds.